The van der Waals surface area contributed by atoms with Crippen molar-refractivity contribution in [3.05, 3.63) is 18.1 Å². The number of aromatic amines is 2. The maximum absolute atomic E-state index is 12.3. The quantitative estimate of drug-likeness (QED) is 0.738. The summed E-state index contributed by atoms with van der Waals surface area (Å²) in [7, 11) is 0. The molecular weight excluding hydrogens is 294 g/mol. The average molecular weight is 316 g/mol. The molecule has 2 aromatic rings. The molecule has 0 aromatic carbocycles. The van der Waals surface area contributed by atoms with E-state index >= 15 is 0 Å². The molecule has 2 fully saturated rings. The number of esters is 1. The zero-order chi connectivity index (χ0) is 15.8. The summed E-state index contributed by atoms with van der Waals surface area (Å²) in [6, 6.07) is 1.53. The highest BCUT2D eigenvalue weighted by Gasteiger charge is 2.34. The Bertz CT molecular complexity index is 716. The van der Waals surface area contributed by atoms with Gasteiger partial charge in [0, 0.05) is 18.1 Å². The van der Waals surface area contributed by atoms with Crippen LogP contribution in [-0.2, 0) is 4.74 Å². The highest BCUT2D eigenvalue weighted by Crippen LogP contribution is 2.31. The van der Waals surface area contributed by atoms with Gasteiger partial charge in [-0.2, -0.15) is 0 Å². The second-order valence-corrected chi connectivity index (χ2v) is 6.37. The molecule has 2 aliphatic heterocycles. The maximum atomic E-state index is 12.3. The van der Waals surface area contributed by atoms with Gasteiger partial charge in [-0.25, -0.2) is 9.78 Å². The summed E-state index contributed by atoms with van der Waals surface area (Å²) in [4.78, 5) is 22.8. The van der Waals surface area contributed by atoms with Gasteiger partial charge < -0.3 is 15.4 Å². The predicted octanol–water partition coefficient (Wildman–Crippen LogP) is 1.25. The summed E-state index contributed by atoms with van der Waals surface area (Å²) in [5, 5.41) is 7.22. The monoisotopic (exact) mass is 316 g/mol. The molecule has 2 aromatic heterocycles. The number of piperidine rings is 1. The van der Waals surface area contributed by atoms with E-state index in [4.69, 9.17) is 4.74 Å². The molecule has 2 bridgehead atoms. The molecule has 0 aliphatic carbocycles. The molecule has 2 unspecified atom stereocenters. The van der Waals surface area contributed by atoms with Gasteiger partial charge in [-0.05, 0) is 32.6 Å². The van der Waals surface area contributed by atoms with Gasteiger partial charge in [0.2, 0.25) is 0 Å². The van der Waals surface area contributed by atoms with Gasteiger partial charge in [0.15, 0.2) is 11.8 Å². The van der Waals surface area contributed by atoms with Gasteiger partial charge in [0.25, 0.3) is 0 Å². The number of hydrogen-bond acceptors (Lipinski definition) is 5. The first-order chi connectivity index (χ1) is 11.2. The minimum Gasteiger partial charge on any atom is -0.462 e. The van der Waals surface area contributed by atoms with Gasteiger partial charge in [-0.1, -0.05) is 0 Å². The number of nitrogens with one attached hydrogen (secondary N) is 4. The van der Waals surface area contributed by atoms with Crippen LogP contribution >= 0.6 is 0 Å². The number of nitrogens with zero attached hydrogens (tertiary/aromatic N) is 1. The number of carbonyl (C=O) groups excluding carboxylic acids is 1. The third-order valence-corrected chi connectivity index (χ3v) is 4.82. The molecule has 4 N–H and O–H groups in total. The molecule has 2 saturated heterocycles. The molecule has 4 rings (SSSR count). The number of carbonyl (C=O) groups is 1. The SMILES string of the molecule is CCOC(=O)c1cnc2[nH+]c[nH]c2c1NC1CC2CCC(C1)N2. The molecule has 0 radical (unpaired) electrons. The van der Waals surface area contributed by atoms with Gasteiger partial charge >= 0.3 is 11.6 Å². The Balaban J connectivity index is 1.67. The summed E-state index contributed by atoms with van der Waals surface area (Å²) in [5.74, 6) is -0.337. The normalized spacial score (nSPS) is 26.4. The van der Waals surface area contributed by atoms with Crippen molar-refractivity contribution in [3.8, 4) is 0 Å². The lowest BCUT2D eigenvalue weighted by molar-refractivity contribution is -0.347. The summed E-state index contributed by atoms with van der Waals surface area (Å²) in [5.41, 5.74) is 2.83. The Kier molecular flexibility index (Phi) is 3.65. The van der Waals surface area contributed by atoms with Crippen molar-refractivity contribution < 1.29 is 14.5 Å². The number of ether oxygens (including phenoxy) is 1. The molecular formula is C16H22N5O2+. The van der Waals surface area contributed by atoms with Crippen LogP contribution in [0.4, 0.5) is 5.69 Å². The Hall–Kier alpha value is -2.15. The van der Waals surface area contributed by atoms with Crippen molar-refractivity contribution in [2.24, 2.45) is 0 Å². The molecule has 2 aliphatic rings. The lowest BCUT2D eigenvalue weighted by Gasteiger charge is -2.30. The second kappa shape index (κ2) is 5.81. The zero-order valence-electron chi connectivity index (χ0n) is 13.2. The zero-order valence-corrected chi connectivity index (χ0v) is 13.2. The highest BCUT2D eigenvalue weighted by atomic mass is 16.5. The van der Waals surface area contributed by atoms with E-state index in [1.165, 1.54) is 12.8 Å². The number of H-pyrrole nitrogens is 2. The van der Waals surface area contributed by atoms with Crippen LogP contribution in [0.25, 0.3) is 11.2 Å². The van der Waals surface area contributed by atoms with Gasteiger partial charge in [-0.15, -0.1) is 4.98 Å². The van der Waals surface area contributed by atoms with Gasteiger partial charge in [0.1, 0.15) is 11.8 Å². The molecule has 4 heterocycles. The number of pyridine rings is 1. The molecule has 7 heteroatoms. The topological polar surface area (TPSA) is 93.2 Å². The number of anilines is 1. The van der Waals surface area contributed by atoms with Crippen molar-refractivity contribution >= 4 is 22.8 Å². The van der Waals surface area contributed by atoms with E-state index in [1.807, 2.05) is 6.92 Å². The number of rotatable bonds is 4. The minimum absolute atomic E-state index is 0.337. The first-order valence-electron chi connectivity index (χ1n) is 8.32. The van der Waals surface area contributed by atoms with E-state index in [9.17, 15) is 4.79 Å². The van der Waals surface area contributed by atoms with E-state index in [0.29, 0.717) is 30.3 Å². The summed E-state index contributed by atoms with van der Waals surface area (Å²) >= 11 is 0. The van der Waals surface area contributed by atoms with Gasteiger partial charge in [0.05, 0.1) is 12.3 Å². The van der Waals surface area contributed by atoms with E-state index in [1.54, 1.807) is 12.5 Å². The lowest BCUT2D eigenvalue weighted by Crippen LogP contribution is -2.43. The van der Waals surface area contributed by atoms with Crippen LogP contribution in [0.15, 0.2) is 12.5 Å². The van der Waals surface area contributed by atoms with Gasteiger partial charge in [-0.3, -0.25) is 4.98 Å². The molecule has 0 spiro atoms. The fourth-order valence-corrected chi connectivity index (χ4v) is 3.83. The first kappa shape index (κ1) is 14.4. The number of fused-ring (bicyclic) bond motifs is 3. The fraction of sp³-hybridized carbons (Fsp3) is 0.562. The predicted molar refractivity (Wildman–Crippen MR) is 85.2 cm³/mol. The Morgan fingerprint density at radius 2 is 2.22 bits per heavy atom. The summed E-state index contributed by atoms with van der Waals surface area (Å²) in [6.45, 7) is 2.16. The third-order valence-electron chi connectivity index (χ3n) is 4.82. The lowest BCUT2D eigenvalue weighted by atomic mass is 9.99. The van der Waals surface area contributed by atoms with Crippen LogP contribution in [-0.4, -0.2) is 40.7 Å². The van der Waals surface area contributed by atoms with Crippen LogP contribution < -0.4 is 15.6 Å². The number of aromatic nitrogens is 3. The van der Waals surface area contributed by atoms with Crippen LogP contribution in [0.5, 0.6) is 0 Å². The molecule has 23 heavy (non-hydrogen) atoms. The average Bonchev–Trinajstić information content (AvgIpc) is 3.14. The third kappa shape index (κ3) is 2.65. The van der Waals surface area contributed by atoms with Crippen LogP contribution in [0.2, 0.25) is 0 Å². The molecule has 0 amide bonds. The maximum Gasteiger partial charge on any atom is 0.343 e. The number of hydrogen-bond donors (Lipinski definition) is 3. The fourth-order valence-electron chi connectivity index (χ4n) is 3.83. The van der Waals surface area contributed by atoms with Crippen LogP contribution in [0.1, 0.15) is 43.0 Å². The molecule has 7 nitrogen and oxygen atoms in total. The Morgan fingerprint density at radius 1 is 1.43 bits per heavy atom. The van der Waals surface area contributed by atoms with Crippen molar-refractivity contribution in [2.75, 3.05) is 11.9 Å². The number of imidazole rings is 1. The Morgan fingerprint density at radius 3 is 2.96 bits per heavy atom. The first-order valence-corrected chi connectivity index (χ1v) is 8.32. The summed E-state index contributed by atoms with van der Waals surface area (Å²) < 4.78 is 5.18. The minimum atomic E-state index is -0.337. The van der Waals surface area contributed by atoms with Crippen molar-refractivity contribution in [3.63, 3.8) is 0 Å². The van der Waals surface area contributed by atoms with Crippen molar-refractivity contribution in [2.45, 2.75) is 50.7 Å². The van der Waals surface area contributed by atoms with Crippen molar-refractivity contribution in [1.82, 2.24) is 15.3 Å². The van der Waals surface area contributed by atoms with Crippen LogP contribution in [0, 0.1) is 0 Å². The van der Waals surface area contributed by atoms with E-state index in [2.05, 4.69) is 25.6 Å². The highest BCUT2D eigenvalue weighted by molar-refractivity contribution is 6.02. The van der Waals surface area contributed by atoms with Crippen molar-refractivity contribution in [1.29, 1.82) is 0 Å². The second-order valence-electron chi connectivity index (χ2n) is 6.37. The van der Waals surface area contributed by atoms with Crippen LogP contribution in [0.3, 0.4) is 0 Å². The standard InChI is InChI=1S/C16H21N5O2/c1-2-23-16(22)12-7-17-15-14(18-8-19-15)13(12)21-11-5-9-3-4-10(6-11)20-9/h7-11,20H,2-6H2,1H3,(H2,17,18,19,21)/p+1. The molecule has 0 saturated carbocycles. The molecule has 2 atom stereocenters. The van der Waals surface area contributed by atoms with E-state index in [0.717, 1.165) is 29.7 Å². The Labute approximate surface area is 134 Å². The van der Waals surface area contributed by atoms with E-state index in [-0.39, 0.29) is 5.97 Å². The largest absolute Gasteiger partial charge is 0.462 e. The van der Waals surface area contributed by atoms with E-state index < -0.39 is 0 Å². The molecule has 122 valence electrons. The smallest absolute Gasteiger partial charge is 0.343 e. The summed E-state index contributed by atoms with van der Waals surface area (Å²) in [6.07, 6.45) is 7.96.